The van der Waals surface area contributed by atoms with Crippen LogP contribution in [0.5, 0.6) is 0 Å². The van der Waals surface area contributed by atoms with Crippen molar-refractivity contribution in [3.8, 4) is 0 Å². The van der Waals surface area contributed by atoms with Crippen molar-refractivity contribution in [3.63, 3.8) is 0 Å². The van der Waals surface area contributed by atoms with E-state index in [4.69, 9.17) is 11.1 Å². The van der Waals surface area contributed by atoms with E-state index >= 15 is 0 Å². The molecule has 0 aromatic rings. The van der Waals surface area contributed by atoms with Crippen LogP contribution in [-0.2, 0) is 0 Å². The molecule has 3 nitrogen and oxygen atoms in total. The number of nitrogens with one attached hydrogen (secondary N) is 1. The fraction of sp³-hybridized carbons (Fsp3) is 0.333. The van der Waals surface area contributed by atoms with Crippen molar-refractivity contribution < 1.29 is 0 Å². The van der Waals surface area contributed by atoms with Crippen LogP contribution in [0.4, 0.5) is 0 Å². The molecule has 9 heavy (non-hydrogen) atoms. The maximum absolute atomic E-state index is 7.11. The summed E-state index contributed by atoms with van der Waals surface area (Å²) < 4.78 is 0. The lowest BCUT2D eigenvalue weighted by Crippen LogP contribution is -2.02. The van der Waals surface area contributed by atoms with Gasteiger partial charge in [-0.05, 0) is 20.6 Å². The molecule has 0 saturated carbocycles. The summed E-state index contributed by atoms with van der Waals surface area (Å²) in [6, 6.07) is 0. The van der Waals surface area contributed by atoms with Crippen LogP contribution < -0.4 is 5.73 Å². The van der Waals surface area contributed by atoms with Gasteiger partial charge in [0.1, 0.15) is 5.82 Å². The standard InChI is InChI=1S/C6H11N3/c1-4(5(2)7)6(8)9-3/h7H,3,8H2,1-2H3/b6-4-,7-5?. The number of hydrogen-bond donors (Lipinski definition) is 2. The zero-order chi connectivity index (χ0) is 7.44. The average Bonchev–Trinajstić information content (AvgIpc) is 1.84. The summed E-state index contributed by atoms with van der Waals surface area (Å²) in [6.45, 7) is 6.64. The summed E-state index contributed by atoms with van der Waals surface area (Å²) in [4.78, 5) is 3.48. The van der Waals surface area contributed by atoms with Gasteiger partial charge in [-0.25, -0.2) is 4.99 Å². The van der Waals surface area contributed by atoms with E-state index in [1.54, 1.807) is 13.8 Å². The maximum Gasteiger partial charge on any atom is 0.127 e. The van der Waals surface area contributed by atoms with Crippen molar-refractivity contribution in [1.82, 2.24) is 0 Å². The van der Waals surface area contributed by atoms with Crippen LogP contribution in [0.25, 0.3) is 0 Å². The van der Waals surface area contributed by atoms with E-state index in [2.05, 4.69) is 11.7 Å². The predicted molar refractivity (Wildman–Crippen MR) is 39.8 cm³/mol. The summed E-state index contributed by atoms with van der Waals surface area (Å²) >= 11 is 0. The summed E-state index contributed by atoms with van der Waals surface area (Å²) in [6.07, 6.45) is 0. The summed E-state index contributed by atoms with van der Waals surface area (Å²) in [5.74, 6) is 0.336. The van der Waals surface area contributed by atoms with E-state index in [-0.39, 0.29) is 0 Å². The van der Waals surface area contributed by atoms with Gasteiger partial charge in [-0.3, -0.25) is 0 Å². The third-order valence-corrected chi connectivity index (χ3v) is 1.12. The molecule has 0 rings (SSSR count). The molecule has 3 N–H and O–H groups in total. The number of nitrogens with two attached hydrogens (primary N) is 1. The third-order valence-electron chi connectivity index (χ3n) is 1.12. The molecule has 50 valence electrons. The highest BCUT2D eigenvalue weighted by atomic mass is 14.9. The Kier molecular flexibility index (Phi) is 2.64. The van der Waals surface area contributed by atoms with Gasteiger partial charge in [0.15, 0.2) is 0 Å². The second-order valence-electron chi connectivity index (χ2n) is 1.79. The van der Waals surface area contributed by atoms with Crippen molar-refractivity contribution >= 4 is 12.4 Å². The Morgan fingerprint density at radius 1 is 1.56 bits per heavy atom. The molecule has 0 aromatic carbocycles. The highest BCUT2D eigenvalue weighted by Gasteiger charge is 1.95. The first kappa shape index (κ1) is 7.88. The lowest BCUT2D eigenvalue weighted by Gasteiger charge is -1.97. The van der Waals surface area contributed by atoms with Gasteiger partial charge in [0.05, 0.1) is 0 Å². The van der Waals surface area contributed by atoms with E-state index < -0.39 is 0 Å². The SMILES string of the molecule is C=N/C(N)=C(/C)C(C)=N. The molecule has 0 aliphatic heterocycles. The zero-order valence-electron chi connectivity index (χ0n) is 5.73. The lowest BCUT2D eigenvalue weighted by atomic mass is 10.2. The Morgan fingerprint density at radius 3 is 2.11 bits per heavy atom. The minimum atomic E-state index is 0.336. The van der Waals surface area contributed by atoms with Crippen LogP contribution in [0, 0.1) is 5.41 Å². The third kappa shape index (κ3) is 2.08. The minimum Gasteiger partial charge on any atom is -0.383 e. The van der Waals surface area contributed by atoms with E-state index in [1.165, 1.54) is 0 Å². The van der Waals surface area contributed by atoms with Gasteiger partial charge in [0, 0.05) is 11.3 Å². The van der Waals surface area contributed by atoms with Crippen LogP contribution in [0.3, 0.4) is 0 Å². The minimum absolute atomic E-state index is 0.336. The van der Waals surface area contributed by atoms with Crippen LogP contribution in [-0.4, -0.2) is 12.4 Å². The first-order chi connectivity index (χ1) is 4.09. The lowest BCUT2D eigenvalue weighted by molar-refractivity contribution is 1.20. The Labute approximate surface area is 54.8 Å². The van der Waals surface area contributed by atoms with E-state index in [0.29, 0.717) is 17.1 Å². The highest BCUT2D eigenvalue weighted by molar-refractivity contribution is 5.95. The fourth-order valence-corrected chi connectivity index (χ4v) is 0.311. The molecule has 0 fully saturated rings. The van der Waals surface area contributed by atoms with Gasteiger partial charge in [-0.2, -0.15) is 0 Å². The highest BCUT2D eigenvalue weighted by Crippen LogP contribution is 1.98. The second-order valence-corrected chi connectivity index (χ2v) is 1.79. The number of nitrogens with zero attached hydrogens (tertiary/aromatic N) is 1. The van der Waals surface area contributed by atoms with Crippen molar-refractivity contribution in [2.24, 2.45) is 10.7 Å². The Morgan fingerprint density at radius 2 is 2.00 bits per heavy atom. The summed E-state index contributed by atoms with van der Waals surface area (Å²) in [5.41, 5.74) is 6.44. The molecule has 0 heterocycles. The van der Waals surface area contributed by atoms with E-state index in [0.717, 1.165) is 0 Å². The number of hydrogen-bond acceptors (Lipinski definition) is 3. The van der Waals surface area contributed by atoms with Crippen molar-refractivity contribution in [3.05, 3.63) is 11.4 Å². The predicted octanol–water partition coefficient (Wildman–Crippen LogP) is 0.917. The Hall–Kier alpha value is -1.12. The summed E-state index contributed by atoms with van der Waals surface area (Å²) in [5, 5.41) is 7.11. The molecule has 0 aromatic heterocycles. The van der Waals surface area contributed by atoms with Crippen molar-refractivity contribution in [2.75, 3.05) is 0 Å². The topological polar surface area (TPSA) is 62.2 Å². The molecule has 0 bridgehead atoms. The molecule has 0 aliphatic rings. The number of allylic oxidation sites excluding steroid dienone is 1. The molecule has 3 heteroatoms. The monoisotopic (exact) mass is 125 g/mol. The fourth-order valence-electron chi connectivity index (χ4n) is 0.311. The molecule has 0 amide bonds. The van der Waals surface area contributed by atoms with Gasteiger partial charge in [0.2, 0.25) is 0 Å². The maximum atomic E-state index is 7.11. The Bertz CT molecular complexity index is 167. The largest absolute Gasteiger partial charge is 0.383 e. The summed E-state index contributed by atoms with van der Waals surface area (Å²) in [7, 11) is 0. The average molecular weight is 125 g/mol. The van der Waals surface area contributed by atoms with Crippen molar-refractivity contribution in [1.29, 1.82) is 5.41 Å². The first-order valence-electron chi connectivity index (χ1n) is 2.58. The van der Waals surface area contributed by atoms with Crippen LogP contribution in [0.1, 0.15) is 13.8 Å². The quantitative estimate of drug-likeness (QED) is 0.529. The van der Waals surface area contributed by atoms with Gasteiger partial charge >= 0.3 is 0 Å². The van der Waals surface area contributed by atoms with Crippen LogP contribution in [0.15, 0.2) is 16.4 Å². The molecule has 0 spiro atoms. The number of rotatable bonds is 2. The van der Waals surface area contributed by atoms with E-state index in [1.807, 2.05) is 0 Å². The number of aliphatic imine (C=N–C) groups is 1. The van der Waals surface area contributed by atoms with Gasteiger partial charge in [-0.1, -0.05) is 0 Å². The van der Waals surface area contributed by atoms with Crippen LogP contribution in [0.2, 0.25) is 0 Å². The van der Waals surface area contributed by atoms with Crippen LogP contribution >= 0.6 is 0 Å². The molecule has 0 saturated heterocycles. The van der Waals surface area contributed by atoms with Gasteiger partial charge < -0.3 is 11.1 Å². The molecular weight excluding hydrogens is 114 g/mol. The molecule has 0 radical (unpaired) electrons. The van der Waals surface area contributed by atoms with Gasteiger partial charge in [-0.15, -0.1) is 0 Å². The van der Waals surface area contributed by atoms with Crippen molar-refractivity contribution in [2.45, 2.75) is 13.8 Å². The van der Waals surface area contributed by atoms with E-state index in [9.17, 15) is 0 Å². The molecular formula is C6H11N3. The smallest absolute Gasteiger partial charge is 0.127 e. The Balaban J connectivity index is 4.47. The second kappa shape index (κ2) is 3.02. The molecule has 0 aliphatic carbocycles. The zero-order valence-corrected chi connectivity index (χ0v) is 5.73. The molecule has 0 atom stereocenters. The first-order valence-corrected chi connectivity index (χ1v) is 2.58. The van der Waals surface area contributed by atoms with Gasteiger partial charge in [0.25, 0.3) is 0 Å². The molecule has 0 unspecified atom stereocenters. The normalized spacial score (nSPS) is 12.2.